The molecule has 0 aliphatic rings. The van der Waals surface area contributed by atoms with E-state index in [-0.39, 0.29) is 0 Å². The molecule has 118 valence electrons. The van der Waals surface area contributed by atoms with Gasteiger partial charge < -0.3 is 0 Å². The van der Waals surface area contributed by atoms with Crippen LogP contribution < -0.4 is 0 Å². The lowest BCUT2D eigenvalue weighted by Gasteiger charge is -2.06. The topological polar surface area (TPSA) is 30.7 Å². The molecule has 0 aliphatic carbocycles. The van der Waals surface area contributed by atoms with Crippen LogP contribution >= 0.6 is 0 Å². The summed E-state index contributed by atoms with van der Waals surface area (Å²) in [5, 5.41) is 8.05. The molecule has 0 bridgehead atoms. The zero-order valence-corrected chi connectivity index (χ0v) is 12.2. The van der Waals surface area contributed by atoms with E-state index >= 15 is 0 Å². The Morgan fingerprint density at radius 3 is 2.26 bits per heavy atom. The van der Waals surface area contributed by atoms with Crippen LogP contribution in [0, 0.1) is 0 Å². The number of aromatic nitrogens is 3. The van der Waals surface area contributed by atoms with E-state index in [1.807, 2.05) is 30.3 Å². The van der Waals surface area contributed by atoms with Crippen LogP contribution in [-0.4, -0.2) is 15.0 Å². The Balaban J connectivity index is 1.69. The zero-order valence-electron chi connectivity index (χ0n) is 12.2. The van der Waals surface area contributed by atoms with Gasteiger partial charge in [-0.1, -0.05) is 47.7 Å². The zero-order chi connectivity index (χ0) is 16.3. The number of halogens is 3. The predicted octanol–water partition coefficient (Wildman–Crippen LogP) is 4.21. The highest BCUT2D eigenvalue weighted by atomic mass is 19.4. The van der Waals surface area contributed by atoms with Crippen molar-refractivity contribution in [2.45, 2.75) is 19.1 Å². The summed E-state index contributed by atoms with van der Waals surface area (Å²) in [5.41, 5.74) is 1.70. The van der Waals surface area contributed by atoms with Gasteiger partial charge in [-0.05, 0) is 24.1 Å². The maximum atomic E-state index is 12.6. The quantitative estimate of drug-likeness (QED) is 0.722. The molecule has 6 heteroatoms. The summed E-state index contributed by atoms with van der Waals surface area (Å²) in [4.78, 5) is 0. The van der Waals surface area contributed by atoms with Gasteiger partial charge in [0, 0.05) is 12.1 Å². The number of hydrogen-bond acceptors (Lipinski definition) is 2. The van der Waals surface area contributed by atoms with Crippen LogP contribution in [0.4, 0.5) is 13.2 Å². The minimum absolute atomic E-state index is 0.562. The Labute approximate surface area is 131 Å². The molecule has 0 spiro atoms. The first-order valence-electron chi connectivity index (χ1n) is 7.14. The summed E-state index contributed by atoms with van der Waals surface area (Å²) in [5.74, 6) is 0. The second-order valence-electron chi connectivity index (χ2n) is 5.18. The number of benzene rings is 2. The van der Waals surface area contributed by atoms with Crippen LogP contribution in [0.1, 0.15) is 11.1 Å². The van der Waals surface area contributed by atoms with Crippen molar-refractivity contribution >= 4 is 0 Å². The van der Waals surface area contributed by atoms with Gasteiger partial charge in [0.05, 0.1) is 11.8 Å². The lowest BCUT2D eigenvalue weighted by Crippen LogP contribution is -2.04. The smallest absolute Gasteiger partial charge is 0.252 e. The molecule has 23 heavy (non-hydrogen) atoms. The molecule has 3 nitrogen and oxygen atoms in total. The first-order valence-corrected chi connectivity index (χ1v) is 7.14. The number of nitrogens with zero attached hydrogens (tertiary/aromatic N) is 3. The van der Waals surface area contributed by atoms with Gasteiger partial charge in [-0.3, -0.25) is 4.68 Å². The molecule has 3 aromatic rings. The van der Waals surface area contributed by atoms with E-state index in [9.17, 15) is 13.2 Å². The molecule has 0 saturated heterocycles. The summed E-state index contributed by atoms with van der Waals surface area (Å²) >= 11 is 0. The van der Waals surface area contributed by atoms with Crippen molar-refractivity contribution < 1.29 is 13.2 Å². The highest BCUT2D eigenvalue weighted by Gasteiger charge is 2.30. The van der Waals surface area contributed by atoms with E-state index in [2.05, 4.69) is 10.3 Å². The Kier molecular flexibility index (Phi) is 4.14. The third kappa shape index (κ3) is 3.77. The summed E-state index contributed by atoms with van der Waals surface area (Å²) < 4.78 is 39.4. The maximum absolute atomic E-state index is 12.6. The van der Waals surface area contributed by atoms with E-state index < -0.39 is 11.7 Å². The fraction of sp³-hybridized carbons (Fsp3) is 0.176. The molecule has 0 saturated carbocycles. The minimum Gasteiger partial charge on any atom is -0.252 e. The van der Waals surface area contributed by atoms with Gasteiger partial charge in [0.25, 0.3) is 0 Å². The number of hydrogen-bond donors (Lipinski definition) is 0. The van der Waals surface area contributed by atoms with Crippen molar-refractivity contribution in [1.29, 1.82) is 0 Å². The molecule has 0 aliphatic heterocycles. The Hall–Kier alpha value is -2.63. The van der Waals surface area contributed by atoms with Crippen LogP contribution in [0.2, 0.25) is 0 Å². The van der Waals surface area contributed by atoms with Gasteiger partial charge in [-0.15, -0.1) is 5.10 Å². The monoisotopic (exact) mass is 317 g/mol. The summed E-state index contributed by atoms with van der Waals surface area (Å²) in [6, 6.07) is 14.9. The lowest BCUT2D eigenvalue weighted by atomic mass is 10.1. The second-order valence-corrected chi connectivity index (χ2v) is 5.18. The highest BCUT2D eigenvalue weighted by molar-refractivity contribution is 5.58. The molecule has 0 N–H and O–H groups in total. The van der Waals surface area contributed by atoms with Gasteiger partial charge in [0.2, 0.25) is 0 Å². The molecule has 0 fully saturated rings. The summed E-state index contributed by atoms with van der Waals surface area (Å²) in [6.07, 6.45) is -1.77. The number of aryl methyl sites for hydroxylation is 2. The van der Waals surface area contributed by atoms with Crippen LogP contribution in [-0.2, 0) is 19.1 Å². The first kappa shape index (κ1) is 15.3. The third-order valence-electron chi connectivity index (χ3n) is 3.52. The third-order valence-corrected chi connectivity index (χ3v) is 3.52. The molecule has 1 aromatic heterocycles. The van der Waals surface area contributed by atoms with E-state index in [0.29, 0.717) is 17.8 Å². The standard InChI is InChI=1S/C17H14F3N3/c18-17(19,20)15-8-6-14(7-9-15)16-12-23(22-21-16)11-10-13-4-2-1-3-5-13/h1-9,12H,10-11H2. The summed E-state index contributed by atoms with van der Waals surface area (Å²) in [7, 11) is 0. The van der Waals surface area contributed by atoms with Gasteiger partial charge in [0.1, 0.15) is 5.69 Å². The van der Waals surface area contributed by atoms with Crippen molar-refractivity contribution in [3.05, 3.63) is 71.9 Å². The van der Waals surface area contributed by atoms with Gasteiger partial charge in [-0.25, -0.2) is 0 Å². The van der Waals surface area contributed by atoms with Crippen LogP contribution in [0.25, 0.3) is 11.3 Å². The molecule has 0 amide bonds. The predicted molar refractivity (Wildman–Crippen MR) is 80.6 cm³/mol. The van der Waals surface area contributed by atoms with Crippen molar-refractivity contribution in [1.82, 2.24) is 15.0 Å². The van der Waals surface area contributed by atoms with Crippen molar-refractivity contribution in [3.63, 3.8) is 0 Å². The molecule has 0 radical (unpaired) electrons. The molecular weight excluding hydrogens is 303 g/mol. The SMILES string of the molecule is FC(F)(F)c1ccc(-c2cn(CCc3ccccc3)nn2)cc1. The van der Waals surface area contributed by atoms with E-state index in [4.69, 9.17) is 0 Å². The number of rotatable bonds is 4. The van der Waals surface area contributed by atoms with Gasteiger partial charge in [-0.2, -0.15) is 13.2 Å². The minimum atomic E-state index is -4.33. The Morgan fingerprint density at radius 1 is 0.913 bits per heavy atom. The largest absolute Gasteiger partial charge is 0.416 e. The Bertz CT molecular complexity index is 762. The Morgan fingerprint density at radius 2 is 1.61 bits per heavy atom. The number of alkyl halides is 3. The molecule has 3 rings (SSSR count). The normalized spacial score (nSPS) is 11.6. The maximum Gasteiger partial charge on any atom is 0.416 e. The van der Waals surface area contributed by atoms with E-state index in [0.717, 1.165) is 18.6 Å². The second kappa shape index (κ2) is 6.24. The average molecular weight is 317 g/mol. The fourth-order valence-corrected chi connectivity index (χ4v) is 2.26. The molecule has 0 unspecified atom stereocenters. The highest BCUT2D eigenvalue weighted by Crippen LogP contribution is 2.30. The summed E-state index contributed by atoms with van der Waals surface area (Å²) in [6.45, 7) is 0.664. The van der Waals surface area contributed by atoms with Crippen molar-refractivity contribution in [3.8, 4) is 11.3 Å². The van der Waals surface area contributed by atoms with Crippen molar-refractivity contribution in [2.75, 3.05) is 0 Å². The first-order chi connectivity index (χ1) is 11.0. The van der Waals surface area contributed by atoms with E-state index in [1.54, 1.807) is 10.9 Å². The molecular formula is C17H14F3N3. The average Bonchev–Trinajstić information content (AvgIpc) is 3.02. The van der Waals surface area contributed by atoms with Crippen molar-refractivity contribution in [2.24, 2.45) is 0 Å². The van der Waals surface area contributed by atoms with Crippen LogP contribution in [0.15, 0.2) is 60.8 Å². The van der Waals surface area contributed by atoms with Crippen LogP contribution in [0.3, 0.4) is 0 Å². The molecule has 0 atom stereocenters. The van der Waals surface area contributed by atoms with Gasteiger partial charge in [0.15, 0.2) is 0 Å². The molecule has 2 aromatic carbocycles. The molecule has 1 heterocycles. The van der Waals surface area contributed by atoms with E-state index in [1.165, 1.54) is 17.7 Å². The fourth-order valence-electron chi connectivity index (χ4n) is 2.26. The van der Waals surface area contributed by atoms with Crippen LogP contribution in [0.5, 0.6) is 0 Å². The lowest BCUT2D eigenvalue weighted by molar-refractivity contribution is -0.137. The van der Waals surface area contributed by atoms with Gasteiger partial charge >= 0.3 is 6.18 Å².